The van der Waals surface area contributed by atoms with E-state index in [0.717, 1.165) is 0 Å². The van der Waals surface area contributed by atoms with E-state index >= 15 is 0 Å². The van der Waals surface area contributed by atoms with Crippen LogP contribution in [0.25, 0.3) is 0 Å². The Kier molecular flexibility index (Phi) is 5.95. The van der Waals surface area contributed by atoms with Gasteiger partial charge >= 0.3 is 0 Å². The first-order valence-corrected chi connectivity index (χ1v) is 5.46. The third-order valence-corrected chi connectivity index (χ3v) is 2.25. The molecule has 0 radical (unpaired) electrons. The van der Waals surface area contributed by atoms with Gasteiger partial charge in [-0.2, -0.15) is 0 Å². The normalized spacial score (nSPS) is 10.6. The van der Waals surface area contributed by atoms with E-state index in [1.54, 1.807) is 12.1 Å². The average Bonchev–Trinajstić information content (AvgIpc) is 2.23. The van der Waals surface area contributed by atoms with Crippen LogP contribution in [0.5, 0.6) is 0 Å². The molecule has 0 aliphatic carbocycles. The maximum atomic E-state index is 5.90. The van der Waals surface area contributed by atoms with Crippen molar-refractivity contribution in [1.29, 1.82) is 0 Å². The lowest BCUT2D eigenvalue weighted by molar-refractivity contribution is 0.0441. The van der Waals surface area contributed by atoms with Gasteiger partial charge in [-0.1, -0.05) is 23.2 Å². The molecule has 0 fully saturated rings. The molecule has 0 bridgehead atoms. The van der Waals surface area contributed by atoms with Crippen molar-refractivity contribution in [3.05, 3.63) is 28.0 Å². The number of rotatable bonds is 6. The van der Waals surface area contributed by atoms with Crippen LogP contribution in [-0.4, -0.2) is 24.8 Å². The Morgan fingerprint density at radius 3 is 2.67 bits per heavy atom. The Hall–Kier alpha value is -0.350. The molecule has 1 rings (SSSR count). The highest BCUT2D eigenvalue weighted by Gasteiger charge is 2.02. The fraction of sp³-hybridized carbons (Fsp3) is 0.500. The largest absolute Gasteiger partial charge is 0.379 e. The molecule has 0 saturated heterocycles. The van der Waals surface area contributed by atoms with Crippen molar-refractivity contribution >= 4 is 23.2 Å². The van der Waals surface area contributed by atoms with Gasteiger partial charge in [0, 0.05) is 6.61 Å². The minimum Gasteiger partial charge on any atom is -0.379 e. The summed E-state index contributed by atoms with van der Waals surface area (Å²) in [5.41, 5.74) is 0.653. The Morgan fingerprint density at radius 1 is 1.20 bits per heavy atom. The molecule has 3 nitrogen and oxygen atoms in total. The first-order chi connectivity index (χ1) is 7.24. The standard InChI is InChI=1S/C10H13Cl2NO2/c1-2-14-5-6-15-7-9-8(11)3-4-10(12)13-9/h3-4H,2,5-7H2,1H3. The second-order valence-corrected chi connectivity index (χ2v) is 3.61. The van der Waals surface area contributed by atoms with Crippen molar-refractivity contribution in [3.8, 4) is 0 Å². The predicted octanol–water partition coefficient (Wildman–Crippen LogP) is 2.94. The molecule has 1 aromatic heterocycles. The molecule has 0 atom stereocenters. The van der Waals surface area contributed by atoms with E-state index in [9.17, 15) is 0 Å². The van der Waals surface area contributed by atoms with Crippen LogP contribution in [0.1, 0.15) is 12.6 Å². The molecule has 0 aromatic carbocycles. The summed E-state index contributed by atoms with van der Waals surface area (Å²) in [5, 5.41) is 0.985. The van der Waals surface area contributed by atoms with Crippen LogP contribution in [-0.2, 0) is 16.1 Å². The zero-order valence-electron chi connectivity index (χ0n) is 8.50. The summed E-state index contributed by atoms with van der Waals surface area (Å²) in [6.45, 7) is 4.09. The summed E-state index contributed by atoms with van der Waals surface area (Å²) in [6, 6.07) is 3.35. The molecular formula is C10H13Cl2NO2. The molecule has 0 amide bonds. The van der Waals surface area contributed by atoms with Gasteiger partial charge in [-0.05, 0) is 19.1 Å². The molecule has 0 saturated carbocycles. The summed E-state index contributed by atoms with van der Waals surface area (Å²) < 4.78 is 10.4. The molecule has 15 heavy (non-hydrogen) atoms. The second-order valence-electron chi connectivity index (χ2n) is 2.81. The van der Waals surface area contributed by atoms with E-state index in [1.807, 2.05) is 6.92 Å². The summed E-state index contributed by atoms with van der Waals surface area (Å²) in [5.74, 6) is 0. The van der Waals surface area contributed by atoms with Crippen molar-refractivity contribution in [2.24, 2.45) is 0 Å². The first kappa shape index (κ1) is 12.7. The quantitative estimate of drug-likeness (QED) is 0.574. The number of aromatic nitrogens is 1. The molecule has 1 aromatic rings. The van der Waals surface area contributed by atoms with Gasteiger partial charge in [0.1, 0.15) is 5.15 Å². The monoisotopic (exact) mass is 249 g/mol. The van der Waals surface area contributed by atoms with Gasteiger partial charge in [-0.3, -0.25) is 0 Å². The zero-order valence-corrected chi connectivity index (χ0v) is 10.0. The Morgan fingerprint density at radius 2 is 1.93 bits per heavy atom. The molecule has 84 valence electrons. The minimum atomic E-state index is 0.354. The first-order valence-electron chi connectivity index (χ1n) is 4.70. The van der Waals surface area contributed by atoms with Crippen LogP contribution < -0.4 is 0 Å². The van der Waals surface area contributed by atoms with Crippen LogP contribution in [0, 0.1) is 0 Å². The van der Waals surface area contributed by atoms with Gasteiger partial charge in [0.2, 0.25) is 0 Å². The van der Waals surface area contributed by atoms with E-state index in [1.165, 1.54) is 0 Å². The highest BCUT2D eigenvalue weighted by molar-refractivity contribution is 6.32. The molecule has 1 heterocycles. The van der Waals surface area contributed by atoms with Crippen molar-refractivity contribution in [1.82, 2.24) is 4.98 Å². The van der Waals surface area contributed by atoms with Crippen molar-refractivity contribution in [2.75, 3.05) is 19.8 Å². The van der Waals surface area contributed by atoms with Gasteiger partial charge in [-0.15, -0.1) is 0 Å². The minimum absolute atomic E-state index is 0.354. The van der Waals surface area contributed by atoms with Gasteiger partial charge in [0.25, 0.3) is 0 Å². The second kappa shape index (κ2) is 7.01. The summed E-state index contributed by atoms with van der Waals surface area (Å²) in [7, 11) is 0. The molecular weight excluding hydrogens is 237 g/mol. The molecule has 0 unspecified atom stereocenters. The highest BCUT2D eigenvalue weighted by atomic mass is 35.5. The maximum absolute atomic E-state index is 5.90. The van der Waals surface area contributed by atoms with Crippen LogP contribution in [0.3, 0.4) is 0 Å². The Balaban J connectivity index is 2.33. The van der Waals surface area contributed by atoms with Gasteiger partial charge < -0.3 is 9.47 Å². The zero-order chi connectivity index (χ0) is 11.1. The third-order valence-electron chi connectivity index (χ3n) is 1.70. The van der Waals surface area contributed by atoms with Crippen LogP contribution >= 0.6 is 23.2 Å². The van der Waals surface area contributed by atoms with E-state index < -0.39 is 0 Å². The van der Waals surface area contributed by atoms with Crippen molar-refractivity contribution in [3.63, 3.8) is 0 Å². The predicted molar refractivity (Wildman–Crippen MR) is 60.4 cm³/mol. The van der Waals surface area contributed by atoms with Gasteiger partial charge in [-0.25, -0.2) is 4.98 Å². The molecule has 0 spiro atoms. The SMILES string of the molecule is CCOCCOCc1nc(Cl)ccc1Cl. The number of ether oxygens (including phenoxy) is 2. The lowest BCUT2D eigenvalue weighted by Gasteiger charge is -2.05. The maximum Gasteiger partial charge on any atom is 0.129 e. The van der Waals surface area contributed by atoms with E-state index in [4.69, 9.17) is 32.7 Å². The molecule has 0 aliphatic rings. The third kappa shape index (κ3) is 4.80. The Labute approximate surface area is 99.3 Å². The number of hydrogen-bond acceptors (Lipinski definition) is 3. The van der Waals surface area contributed by atoms with E-state index in [-0.39, 0.29) is 0 Å². The lowest BCUT2D eigenvalue weighted by Crippen LogP contribution is -2.05. The highest BCUT2D eigenvalue weighted by Crippen LogP contribution is 2.17. The lowest BCUT2D eigenvalue weighted by atomic mass is 10.4. The van der Waals surface area contributed by atoms with Gasteiger partial charge in [0.05, 0.1) is 30.5 Å². The smallest absolute Gasteiger partial charge is 0.129 e. The number of nitrogens with zero attached hydrogens (tertiary/aromatic N) is 1. The summed E-state index contributed by atoms with van der Waals surface area (Å²) >= 11 is 11.6. The van der Waals surface area contributed by atoms with Crippen molar-refractivity contribution < 1.29 is 9.47 Å². The number of hydrogen-bond donors (Lipinski definition) is 0. The van der Waals surface area contributed by atoms with Crippen LogP contribution in [0.4, 0.5) is 0 Å². The summed E-state index contributed by atoms with van der Waals surface area (Å²) in [4.78, 5) is 4.06. The fourth-order valence-corrected chi connectivity index (χ4v) is 1.31. The van der Waals surface area contributed by atoms with E-state index in [0.29, 0.717) is 42.3 Å². The molecule has 0 aliphatic heterocycles. The average molecular weight is 250 g/mol. The van der Waals surface area contributed by atoms with Crippen LogP contribution in [0.2, 0.25) is 10.2 Å². The fourth-order valence-electron chi connectivity index (χ4n) is 0.990. The molecule has 5 heteroatoms. The Bertz CT molecular complexity index is 307. The van der Waals surface area contributed by atoms with Crippen LogP contribution in [0.15, 0.2) is 12.1 Å². The topological polar surface area (TPSA) is 31.4 Å². The van der Waals surface area contributed by atoms with Gasteiger partial charge in [0.15, 0.2) is 0 Å². The number of halogens is 2. The molecule has 0 N–H and O–H groups in total. The van der Waals surface area contributed by atoms with Crippen molar-refractivity contribution in [2.45, 2.75) is 13.5 Å². The van der Waals surface area contributed by atoms with E-state index in [2.05, 4.69) is 4.98 Å². The number of pyridine rings is 1. The summed E-state index contributed by atoms with van der Waals surface area (Å²) in [6.07, 6.45) is 0.